The van der Waals surface area contributed by atoms with E-state index in [0.717, 1.165) is 22.4 Å². The zero-order valence-corrected chi connectivity index (χ0v) is 16.2. The second kappa shape index (κ2) is 8.72. The molecule has 2 rings (SSSR count). The summed E-state index contributed by atoms with van der Waals surface area (Å²) in [6.07, 6.45) is 0. The number of rotatable bonds is 6. The maximum absolute atomic E-state index is 12.3. The van der Waals surface area contributed by atoms with E-state index in [1.165, 1.54) is 4.90 Å². The van der Waals surface area contributed by atoms with Crippen molar-refractivity contribution in [1.29, 1.82) is 0 Å². The van der Waals surface area contributed by atoms with Crippen LogP contribution >= 0.6 is 11.6 Å². The van der Waals surface area contributed by atoms with Crippen molar-refractivity contribution < 1.29 is 14.3 Å². The highest BCUT2D eigenvalue weighted by atomic mass is 35.5. The molecule has 0 unspecified atom stereocenters. The van der Waals surface area contributed by atoms with Gasteiger partial charge < -0.3 is 15.0 Å². The third-order valence-electron chi connectivity index (χ3n) is 3.94. The molecule has 2 aromatic carbocycles. The van der Waals surface area contributed by atoms with Crippen LogP contribution in [0.15, 0.2) is 36.4 Å². The average molecular weight is 375 g/mol. The topological polar surface area (TPSA) is 58.6 Å². The van der Waals surface area contributed by atoms with E-state index in [1.807, 2.05) is 32.9 Å². The van der Waals surface area contributed by atoms with Crippen LogP contribution in [-0.2, 0) is 9.59 Å². The lowest BCUT2D eigenvalue weighted by Gasteiger charge is -2.19. The average Bonchev–Trinajstić information content (AvgIpc) is 2.57. The Morgan fingerprint density at radius 3 is 2.35 bits per heavy atom. The number of carbonyl (C=O) groups is 2. The molecular formula is C20H23ClN2O3. The molecule has 26 heavy (non-hydrogen) atoms. The van der Waals surface area contributed by atoms with Crippen molar-refractivity contribution in [2.45, 2.75) is 20.8 Å². The third kappa shape index (κ3) is 5.23. The second-order valence-electron chi connectivity index (χ2n) is 6.29. The van der Waals surface area contributed by atoms with Crippen molar-refractivity contribution in [3.05, 3.63) is 58.1 Å². The van der Waals surface area contributed by atoms with Crippen molar-refractivity contribution >= 4 is 29.1 Å². The zero-order valence-electron chi connectivity index (χ0n) is 15.4. The van der Waals surface area contributed by atoms with Crippen LogP contribution in [0.5, 0.6) is 5.75 Å². The molecule has 0 saturated carbocycles. The molecule has 0 saturated heterocycles. The van der Waals surface area contributed by atoms with E-state index in [9.17, 15) is 9.59 Å². The van der Waals surface area contributed by atoms with Crippen LogP contribution in [0.3, 0.4) is 0 Å². The Kier molecular flexibility index (Phi) is 6.64. The molecular weight excluding hydrogens is 352 g/mol. The summed E-state index contributed by atoms with van der Waals surface area (Å²) in [5.74, 6) is -0.127. The number of halogens is 1. The van der Waals surface area contributed by atoms with Crippen molar-refractivity contribution in [2.24, 2.45) is 0 Å². The summed E-state index contributed by atoms with van der Waals surface area (Å²) in [5.41, 5.74) is 3.91. The number of aryl methyl sites for hydroxylation is 3. The number of amides is 2. The monoisotopic (exact) mass is 374 g/mol. The molecule has 0 bridgehead atoms. The highest BCUT2D eigenvalue weighted by molar-refractivity contribution is 6.32. The smallest absolute Gasteiger partial charge is 0.260 e. The summed E-state index contributed by atoms with van der Waals surface area (Å²) in [6, 6.07) is 10.9. The Hall–Kier alpha value is -2.53. The van der Waals surface area contributed by atoms with Crippen molar-refractivity contribution in [3.8, 4) is 5.75 Å². The maximum Gasteiger partial charge on any atom is 0.260 e. The number of hydrogen-bond acceptors (Lipinski definition) is 3. The van der Waals surface area contributed by atoms with E-state index in [0.29, 0.717) is 10.8 Å². The van der Waals surface area contributed by atoms with Crippen molar-refractivity contribution in [2.75, 3.05) is 25.5 Å². The quantitative estimate of drug-likeness (QED) is 0.837. The first kappa shape index (κ1) is 19.8. The number of ether oxygens (including phenoxy) is 1. The van der Waals surface area contributed by atoms with Crippen LogP contribution in [0.4, 0.5) is 5.69 Å². The van der Waals surface area contributed by atoms with E-state index in [4.69, 9.17) is 16.3 Å². The molecule has 0 fully saturated rings. The number of nitrogens with one attached hydrogen (secondary N) is 1. The van der Waals surface area contributed by atoms with Crippen LogP contribution in [-0.4, -0.2) is 36.9 Å². The maximum atomic E-state index is 12.3. The molecule has 0 aliphatic carbocycles. The number of anilines is 1. The van der Waals surface area contributed by atoms with Gasteiger partial charge in [-0.3, -0.25) is 9.59 Å². The predicted molar refractivity (Wildman–Crippen MR) is 104 cm³/mol. The van der Waals surface area contributed by atoms with Gasteiger partial charge in [-0.1, -0.05) is 41.4 Å². The summed E-state index contributed by atoms with van der Waals surface area (Å²) in [5, 5.41) is 3.32. The molecule has 0 aromatic heterocycles. The van der Waals surface area contributed by atoms with Crippen LogP contribution in [0.25, 0.3) is 0 Å². The molecule has 0 radical (unpaired) electrons. The number of benzene rings is 2. The number of likely N-dealkylation sites (N-methyl/N-ethyl adjacent to an activating group) is 1. The summed E-state index contributed by atoms with van der Waals surface area (Å²) < 4.78 is 5.42. The second-order valence-corrected chi connectivity index (χ2v) is 6.70. The number of para-hydroxylation sites is 1. The molecule has 1 N–H and O–H groups in total. The molecule has 0 aliphatic heterocycles. The fourth-order valence-corrected chi connectivity index (χ4v) is 2.86. The summed E-state index contributed by atoms with van der Waals surface area (Å²) in [7, 11) is 1.56. The van der Waals surface area contributed by atoms with Gasteiger partial charge in [0.25, 0.3) is 5.91 Å². The highest BCUT2D eigenvalue weighted by Gasteiger charge is 2.15. The molecule has 2 amide bonds. The number of nitrogens with zero attached hydrogens (tertiary/aromatic N) is 1. The van der Waals surface area contributed by atoms with Gasteiger partial charge in [0.2, 0.25) is 5.91 Å². The lowest BCUT2D eigenvalue weighted by Crippen LogP contribution is -2.37. The van der Waals surface area contributed by atoms with Gasteiger partial charge in [-0.15, -0.1) is 0 Å². The predicted octanol–water partition coefficient (Wildman–Crippen LogP) is 3.74. The van der Waals surface area contributed by atoms with E-state index in [2.05, 4.69) is 5.32 Å². The standard InChI is InChI=1S/C20H23ClN2O3/c1-13-9-14(2)20(15(3)10-13)22-18(24)11-23(4)19(25)12-26-17-8-6-5-7-16(17)21/h5-10H,11-12H2,1-4H3,(H,22,24). The van der Waals surface area contributed by atoms with E-state index < -0.39 is 0 Å². The first-order valence-corrected chi connectivity index (χ1v) is 8.64. The fraction of sp³-hybridized carbons (Fsp3) is 0.300. The Morgan fingerprint density at radius 2 is 1.73 bits per heavy atom. The molecule has 5 nitrogen and oxygen atoms in total. The summed E-state index contributed by atoms with van der Waals surface area (Å²) in [4.78, 5) is 25.8. The van der Waals surface area contributed by atoms with Crippen molar-refractivity contribution in [3.63, 3.8) is 0 Å². The summed E-state index contributed by atoms with van der Waals surface area (Å²) in [6.45, 7) is 5.66. The minimum absolute atomic E-state index is 0.0581. The van der Waals surface area contributed by atoms with Gasteiger partial charge in [-0.2, -0.15) is 0 Å². The molecule has 0 atom stereocenters. The Balaban J connectivity index is 1.90. The van der Waals surface area contributed by atoms with Crippen molar-refractivity contribution in [1.82, 2.24) is 4.90 Å². The van der Waals surface area contributed by atoms with Gasteiger partial charge in [-0.25, -0.2) is 0 Å². The lowest BCUT2D eigenvalue weighted by atomic mass is 10.1. The summed E-state index contributed by atoms with van der Waals surface area (Å²) >= 11 is 5.99. The van der Waals surface area contributed by atoms with E-state index >= 15 is 0 Å². The van der Waals surface area contributed by atoms with E-state index in [1.54, 1.807) is 31.3 Å². The van der Waals surface area contributed by atoms with Gasteiger partial charge in [0.05, 0.1) is 11.6 Å². The molecule has 0 aliphatic rings. The third-order valence-corrected chi connectivity index (χ3v) is 4.25. The van der Waals surface area contributed by atoms with Gasteiger partial charge in [0.1, 0.15) is 5.75 Å². The Morgan fingerprint density at radius 1 is 1.12 bits per heavy atom. The molecule has 2 aromatic rings. The van der Waals surface area contributed by atoms with E-state index in [-0.39, 0.29) is 25.0 Å². The molecule has 6 heteroatoms. The molecule has 0 spiro atoms. The van der Waals surface area contributed by atoms with Crippen LogP contribution in [0, 0.1) is 20.8 Å². The minimum Gasteiger partial charge on any atom is -0.482 e. The van der Waals surface area contributed by atoms with Gasteiger partial charge in [0.15, 0.2) is 6.61 Å². The molecule has 138 valence electrons. The lowest BCUT2D eigenvalue weighted by molar-refractivity contribution is -0.135. The molecule has 0 heterocycles. The van der Waals surface area contributed by atoms with Crippen LogP contribution < -0.4 is 10.1 Å². The normalized spacial score (nSPS) is 10.3. The van der Waals surface area contributed by atoms with Crippen LogP contribution in [0.2, 0.25) is 5.02 Å². The van der Waals surface area contributed by atoms with Gasteiger partial charge >= 0.3 is 0 Å². The first-order valence-electron chi connectivity index (χ1n) is 8.27. The Bertz CT molecular complexity index is 797. The zero-order chi connectivity index (χ0) is 19.3. The number of carbonyl (C=O) groups excluding carboxylic acids is 2. The SMILES string of the molecule is Cc1cc(C)c(NC(=O)CN(C)C(=O)COc2ccccc2Cl)c(C)c1. The van der Waals surface area contributed by atoms with Crippen LogP contribution in [0.1, 0.15) is 16.7 Å². The highest BCUT2D eigenvalue weighted by Crippen LogP contribution is 2.23. The largest absolute Gasteiger partial charge is 0.482 e. The number of hydrogen-bond donors (Lipinski definition) is 1. The van der Waals surface area contributed by atoms with Gasteiger partial charge in [-0.05, 0) is 44.0 Å². The fourth-order valence-electron chi connectivity index (χ4n) is 2.67. The first-order chi connectivity index (χ1) is 12.3. The minimum atomic E-state index is -0.308. The van der Waals surface area contributed by atoms with Gasteiger partial charge in [0, 0.05) is 12.7 Å². The Labute approximate surface area is 158 Å².